The zero-order valence-electron chi connectivity index (χ0n) is 12.6. The molecule has 116 valence electrons. The second kappa shape index (κ2) is 9.19. The van der Waals surface area contributed by atoms with Crippen LogP contribution in [0.15, 0.2) is 30.3 Å². The number of hydrogen-bond acceptors (Lipinski definition) is 5. The number of carbonyl (C=O) groups excluding carboxylic acids is 2. The Hall–Kier alpha value is -2.81. The lowest BCUT2D eigenvalue weighted by Crippen LogP contribution is -2.31. The molecule has 0 aromatic heterocycles. The van der Waals surface area contributed by atoms with Gasteiger partial charge in [-0.1, -0.05) is 12.1 Å². The topological polar surface area (TPSA) is 79.6 Å². The van der Waals surface area contributed by atoms with Crippen molar-refractivity contribution >= 4 is 18.0 Å². The molecule has 0 saturated carbocycles. The quantitative estimate of drug-likeness (QED) is 0.565. The van der Waals surface area contributed by atoms with Crippen LogP contribution in [0.25, 0.3) is 6.08 Å². The van der Waals surface area contributed by atoms with Crippen LogP contribution < -0.4 is 4.74 Å². The highest BCUT2D eigenvalue weighted by Gasteiger charge is 2.10. The summed E-state index contributed by atoms with van der Waals surface area (Å²) in [5.74, 6) is -0.270. The van der Waals surface area contributed by atoms with Crippen LogP contribution in [0, 0.1) is 11.3 Å². The summed E-state index contributed by atoms with van der Waals surface area (Å²) in [5, 5.41) is 8.44. The van der Waals surface area contributed by atoms with Gasteiger partial charge >= 0.3 is 5.97 Å². The van der Waals surface area contributed by atoms with Crippen molar-refractivity contribution in [3.63, 3.8) is 0 Å². The van der Waals surface area contributed by atoms with E-state index in [0.717, 1.165) is 5.56 Å². The predicted molar refractivity (Wildman–Crippen MR) is 80.9 cm³/mol. The van der Waals surface area contributed by atoms with Gasteiger partial charge in [0.05, 0.1) is 19.6 Å². The van der Waals surface area contributed by atoms with Gasteiger partial charge in [-0.15, -0.1) is 0 Å². The van der Waals surface area contributed by atoms with E-state index in [1.807, 2.05) is 12.1 Å². The Morgan fingerprint density at radius 2 is 2.18 bits per heavy atom. The van der Waals surface area contributed by atoms with Gasteiger partial charge in [-0.25, -0.2) is 4.79 Å². The van der Waals surface area contributed by atoms with Crippen LogP contribution in [-0.4, -0.2) is 44.1 Å². The fourth-order valence-electron chi connectivity index (χ4n) is 1.54. The maximum atomic E-state index is 11.6. The molecule has 0 aliphatic rings. The Bertz CT molecular complexity index is 590. The molecule has 0 fully saturated rings. The third-order valence-electron chi connectivity index (χ3n) is 2.83. The number of benzene rings is 1. The van der Waals surface area contributed by atoms with Crippen molar-refractivity contribution < 1.29 is 19.1 Å². The Morgan fingerprint density at radius 3 is 2.86 bits per heavy atom. The van der Waals surface area contributed by atoms with Gasteiger partial charge in [0.25, 0.3) is 5.91 Å². The van der Waals surface area contributed by atoms with E-state index in [1.165, 1.54) is 11.0 Å². The van der Waals surface area contributed by atoms with Gasteiger partial charge in [-0.3, -0.25) is 4.79 Å². The number of esters is 1. The SMILES string of the molecule is COc1cccc(/C=C/C(=O)OCC(=O)N(C)CCC#N)c1. The van der Waals surface area contributed by atoms with E-state index in [4.69, 9.17) is 14.7 Å². The first-order chi connectivity index (χ1) is 10.6. The van der Waals surface area contributed by atoms with Crippen molar-refractivity contribution in [3.05, 3.63) is 35.9 Å². The lowest BCUT2D eigenvalue weighted by Gasteiger charge is -2.14. The van der Waals surface area contributed by atoms with E-state index in [9.17, 15) is 9.59 Å². The van der Waals surface area contributed by atoms with Crippen LogP contribution in [-0.2, 0) is 14.3 Å². The van der Waals surface area contributed by atoms with Gasteiger partial charge in [0.1, 0.15) is 5.75 Å². The maximum absolute atomic E-state index is 11.6. The summed E-state index contributed by atoms with van der Waals surface area (Å²) in [7, 11) is 3.12. The van der Waals surface area contributed by atoms with Crippen LogP contribution in [0.3, 0.4) is 0 Å². The molecule has 0 spiro atoms. The second-order valence-electron chi connectivity index (χ2n) is 4.44. The number of likely N-dealkylation sites (N-methyl/N-ethyl adjacent to an activating group) is 1. The van der Waals surface area contributed by atoms with Gasteiger partial charge in [-0.2, -0.15) is 5.26 Å². The zero-order valence-corrected chi connectivity index (χ0v) is 12.6. The van der Waals surface area contributed by atoms with Crippen LogP contribution in [0.2, 0.25) is 0 Å². The lowest BCUT2D eigenvalue weighted by molar-refractivity contribution is -0.147. The molecule has 0 bridgehead atoms. The highest BCUT2D eigenvalue weighted by atomic mass is 16.5. The third kappa shape index (κ3) is 6.09. The van der Waals surface area contributed by atoms with Crippen molar-refractivity contribution in [1.29, 1.82) is 5.26 Å². The molecule has 1 amide bonds. The van der Waals surface area contributed by atoms with E-state index in [1.54, 1.807) is 38.4 Å². The van der Waals surface area contributed by atoms with Gasteiger partial charge in [0.2, 0.25) is 0 Å². The van der Waals surface area contributed by atoms with Crippen molar-refractivity contribution in [2.75, 3.05) is 27.3 Å². The summed E-state index contributed by atoms with van der Waals surface area (Å²) in [4.78, 5) is 24.5. The first kappa shape index (κ1) is 17.2. The number of rotatable bonds is 7. The molecule has 0 atom stereocenters. The van der Waals surface area contributed by atoms with Crippen LogP contribution in [0.5, 0.6) is 5.75 Å². The number of carbonyl (C=O) groups is 2. The van der Waals surface area contributed by atoms with Crippen molar-refractivity contribution in [2.24, 2.45) is 0 Å². The Balaban J connectivity index is 2.44. The normalized spacial score (nSPS) is 10.0. The summed E-state index contributed by atoms with van der Waals surface area (Å²) in [6.07, 6.45) is 3.07. The smallest absolute Gasteiger partial charge is 0.331 e. The number of amides is 1. The van der Waals surface area contributed by atoms with Gasteiger partial charge in [0, 0.05) is 19.7 Å². The van der Waals surface area contributed by atoms with Gasteiger partial charge in [-0.05, 0) is 23.8 Å². The van der Waals surface area contributed by atoms with E-state index in [-0.39, 0.29) is 18.9 Å². The molecular formula is C16H18N2O4. The van der Waals surface area contributed by atoms with E-state index in [2.05, 4.69) is 0 Å². The predicted octanol–water partition coefficient (Wildman–Crippen LogP) is 1.62. The molecule has 1 aromatic rings. The first-order valence-corrected chi connectivity index (χ1v) is 6.66. The average Bonchev–Trinajstić information content (AvgIpc) is 2.55. The van der Waals surface area contributed by atoms with E-state index >= 15 is 0 Å². The zero-order chi connectivity index (χ0) is 16.4. The fraction of sp³-hybridized carbons (Fsp3) is 0.312. The molecule has 0 N–H and O–H groups in total. The first-order valence-electron chi connectivity index (χ1n) is 6.66. The summed E-state index contributed by atoms with van der Waals surface area (Å²) in [5.41, 5.74) is 0.786. The molecule has 22 heavy (non-hydrogen) atoms. The number of ether oxygens (including phenoxy) is 2. The minimum atomic E-state index is -0.607. The number of nitrogens with zero attached hydrogens (tertiary/aromatic N) is 2. The molecule has 1 rings (SSSR count). The monoisotopic (exact) mass is 302 g/mol. The third-order valence-corrected chi connectivity index (χ3v) is 2.83. The second-order valence-corrected chi connectivity index (χ2v) is 4.44. The van der Waals surface area contributed by atoms with Crippen LogP contribution >= 0.6 is 0 Å². The molecule has 0 aliphatic heterocycles. The fourth-order valence-corrected chi connectivity index (χ4v) is 1.54. The highest BCUT2D eigenvalue weighted by molar-refractivity contribution is 5.89. The molecule has 0 saturated heterocycles. The summed E-state index contributed by atoms with van der Waals surface area (Å²) in [6, 6.07) is 9.12. The average molecular weight is 302 g/mol. The Morgan fingerprint density at radius 1 is 1.41 bits per heavy atom. The highest BCUT2D eigenvalue weighted by Crippen LogP contribution is 2.13. The Labute approximate surface area is 129 Å². The van der Waals surface area contributed by atoms with Gasteiger partial charge in [0.15, 0.2) is 6.61 Å². The van der Waals surface area contributed by atoms with Crippen molar-refractivity contribution in [2.45, 2.75) is 6.42 Å². The lowest BCUT2D eigenvalue weighted by atomic mass is 10.2. The minimum Gasteiger partial charge on any atom is -0.497 e. The van der Waals surface area contributed by atoms with Crippen LogP contribution in [0.4, 0.5) is 0 Å². The molecule has 6 heteroatoms. The molecular weight excluding hydrogens is 284 g/mol. The number of nitriles is 1. The standard InChI is InChI=1S/C16H18N2O4/c1-18(10-4-9-17)15(19)12-22-16(20)8-7-13-5-3-6-14(11-13)21-2/h3,5-8,11H,4,10,12H2,1-2H3/b8-7+. The Kier molecular flexibility index (Phi) is 7.20. The molecule has 0 unspecified atom stereocenters. The maximum Gasteiger partial charge on any atom is 0.331 e. The molecule has 1 aromatic carbocycles. The van der Waals surface area contributed by atoms with Gasteiger partial charge < -0.3 is 14.4 Å². The molecule has 0 aliphatic carbocycles. The van der Waals surface area contributed by atoms with E-state index < -0.39 is 5.97 Å². The van der Waals surface area contributed by atoms with Crippen LogP contribution in [0.1, 0.15) is 12.0 Å². The molecule has 0 radical (unpaired) electrons. The van der Waals surface area contributed by atoms with Crippen molar-refractivity contribution in [1.82, 2.24) is 4.90 Å². The largest absolute Gasteiger partial charge is 0.497 e. The minimum absolute atomic E-state index is 0.242. The summed E-state index contributed by atoms with van der Waals surface area (Å²) in [6.45, 7) is -0.0320. The molecule has 6 nitrogen and oxygen atoms in total. The van der Waals surface area contributed by atoms with Crippen molar-refractivity contribution in [3.8, 4) is 11.8 Å². The molecule has 0 heterocycles. The summed E-state index contributed by atoms with van der Waals surface area (Å²) < 4.78 is 9.93. The number of methoxy groups -OCH3 is 1. The van der Waals surface area contributed by atoms with E-state index in [0.29, 0.717) is 12.3 Å². The summed E-state index contributed by atoms with van der Waals surface area (Å²) >= 11 is 0. The number of hydrogen-bond donors (Lipinski definition) is 0.